The molecule has 2 aromatic rings. The lowest BCUT2D eigenvalue weighted by Crippen LogP contribution is -2.52. The third-order valence-electron chi connectivity index (χ3n) is 5.24. The van der Waals surface area contributed by atoms with Crippen molar-refractivity contribution in [3.05, 3.63) is 52.9 Å². The number of benzene rings is 1. The Morgan fingerprint density at radius 1 is 1.21 bits per heavy atom. The molecule has 1 fully saturated rings. The number of hydrogen-bond acceptors (Lipinski definition) is 4. The molecule has 0 saturated carbocycles. The quantitative estimate of drug-likeness (QED) is 0.564. The Morgan fingerprint density at radius 2 is 2.00 bits per heavy atom. The fourth-order valence-electron chi connectivity index (χ4n) is 3.33. The van der Waals surface area contributed by atoms with Gasteiger partial charge in [-0.25, -0.2) is 0 Å². The minimum Gasteiger partial charge on any atom is -0.360 e. The van der Waals surface area contributed by atoms with Crippen LogP contribution in [-0.4, -0.2) is 56.0 Å². The predicted octanol–water partition coefficient (Wildman–Crippen LogP) is 3.17. The van der Waals surface area contributed by atoms with Crippen LogP contribution >= 0.6 is 11.3 Å². The number of piperazine rings is 1. The molecule has 1 saturated heterocycles. The van der Waals surface area contributed by atoms with E-state index in [2.05, 4.69) is 49.9 Å². The van der Waals surface area contributed by atoms with Gasteiger partial charge in [-0.1, -0.05) is 19.1 Å². The molecular formula is C22H31N5OS. The van der Waals surface area contributed by atoms with Gasteiger partial charge in [-0.15, -0.1) is 11.3 Å². The molecule has 7 heteroatoms. The number of thiophene rings is 1. The van der Waals surface area contributed by atoms with Crippen molar-refractivity contribution < 1.29 is 4.79 Å². The normalized spacial score (nSPS) is 15.9. The van der Waals surface area contributed by atoms with Crippen LogP contribution < -0.4 is 15.5 Å². The van der Waals surface area contributed by atoms with E-state index in [-0.39, 0.29) is 11.9 Å². The van der Waals surface area contributed by atoms with Gasteiger partial charge in [0.15, 0.2) is 5.96 Å². The summed E-state index contributed by atoms with van der Waals surface area (Å²) in [5, 5.41) is 9.93. The highest BCUT2D eigenvalue weighted by molar-refractivity contribution is 7.14. The van der Waals surface area contributed by atoms with Gasteiger partial charge in [-0.05, 0) is 48.6 Å². The SMILES string of the molecule is CCC(C)NC(=O)c1cccc(CNC(=NC)N2CCN(c3cccs3)CC2)c1. The van der Waals surface area contributed by atoms with Crippen LogP contribution in [0.25, 0.3) is 0 Å². The van der Waals surface area contributed by atoms with Crippen LogP contribution in [0, 0.1) is 0 Å². The lowest BCUT2D eigenvalue weighted by Gasteiger charge is -2.37. The van der Waals surface area contributed by atoms with Crippen molar-refractivity contribution >= 4 is 28.2 Å². The average molecular weight is 414 g/mol. The number of hydrogen-bond donors (Lipinski definition) is 2. The Labute approximate surface area is 177 Å². The molecule has 6 nitrogen and oxygen atoms in total. The maximum atomic E-state index is 12.4. The summed E-state index contributed by atoms with van der Waals surface area (Å²) in [7, 11) is 1.82. The fourth-order valence-corrected chi connectivity index (χ4v) is 4.12. The van der Waals surface area contributed by atoms with Gasteiger partial charge >= 0.3 is 0 Å². The zero-order chi connectivity index (χ0) is 20.6. The molecule has 0 bridgehead atoms. The van der Waals surface area contributed by atoms with Gasteiger partial charge in [0.05, 0.1) is 5.00 Å². The Kier molecular flexibility index (Phi) is 7.52. The summed E-state index contributed by atoms with van der Waals surface area (Å²) in [6.07, 6.45) is 0.920. The fraction of sp³-hybridized carbons (Fsp3) is 0.455. The molecule has 2 heterocycles. The first-order chi connectivity index (χ1) is 14.1. The van der Waals surface area contributed by atoms with Crippen molar-refractivity contribution in [3.8, 4) is 0 Å². The molecule has 29 heavy (non-hydrogen) atoms. The van der Waals surface area contributed by atoms with Gasteiger partial charge in [0.2, 0.25) is 0 Å². The number of amides is 1. The van der Waals surface area contributed by atoms with Gasteiger partial charge in [-0.3, -0.25) is 9.79 Å². The molecule has 1 amide bonds. The van der Waals surface area contributed by atoms with E-state index >= 15 is 0 Å². The molecular weight excluding hydrogens is 382 g/mol. The summed E-state index contributed by atoms with van der Waals surface area (Å²) in [5.41, 5.74) is 1.77. The van der Waals surface area contributed by atoms with Crippen LogP contribution in [0.2, 0.25) is 0 Å². The van der Waals surface area contributed by atoms with Crippen molar-refractivity contribution in [2.75, 3.05) is 38.1 Å². The summed E-state index contributed by atoms with van der Waals surface area (Å²) >= 11 is 1.79. The third kappa shape index (κ3) is 5.73. The lowest BCUT2D eigenvalue weighted by molar-refractivity contribution is 0.0939. The molecule has 0 radical (unpaired) electrons. The highest BCUT2D eigenvalue weighted by Gasteiger charge is 2.20. The number of nitrogens with one attached hydrogen (secondary N) is 2. The van der Waals surface area contributed by atoms with E-state index < -0.39 is 0 Å². The van der Waals surface area contributed by atoms with Crippen LogP contribution in [0.15, 0.2) is 46.8 Å². The van der Waals surface area contributed by atoms with Crippen LogP contribution in [0.1, 0.15) is 36.2 Å². The van der Waals surface area contributed by atoms with Gasteiger partial charge < -0.3 is 20.4 Å². The van der Waals surface area contributed by atoms with Crippen molar-refractivity contribution in [2.45, 2.75) is 32.9 Å². The van der Waals surface area contributed by atoms with Crippen molar-refractivity contribution in [2.24, 2.45) is 4.99 Å². The van der Waals surface area contributed by atoms with Crippen molar-refractivity contribution in [1.82, 2.24) is 15.5 Å². The molecule has 0 spiro atoms. The maximum absolute atomic E-state index is 12.4. The molecule has 1 aromatic carbocycles. The minimum absolute atomic E-state index is 0.0183. The zero-order valence-electron chi connectivity index (χ0n) is 17.5. The monoisotopic (exact) mass is 413 g/mol. The van der Waals surface area contributed by atoms with Gasteiger partial charge in [-0.2, -0.15) is 0 Å². The molecule has 1 aliphatic rings. The molecule has 3 rings (SSSR count). The standard InChI is InChI=1S/C22H31N5OS/c1-4-17(2)25-21(28)19-8-5-7-18(15-19)16-24-22(23-3)27-12-10-26(11-13-27)20-9-6-14-29-20/h5-9,14-15,17H,4,10-13,16H2,1-3H3,(H,23,24)(H,25,28). The average Bonchev–Trinajstić information content (AvgIpc) is 3.29. The number of guanidine groups is 1. The van der Waals surface area contributed by atoms with Gasteiger partial charge in [0.25, 0.3) is 5.91 Å². The summed E-state index contributed by atoms with van der Waals surface area (Å²) in [6.45, 7) is 8.59. The first-order valence-electron chi connectivity index (χ1n) is 10.2. The second-order valence-electron chi connectivity index (χ2n) is 7.31. The molecule has 1 aromatic heterocycles. The summed E-state index contributed by atoms with van der Waals surface area (Å²) in [6, 6.07) is 12.2. The summed E-state index contributed by atoms with van der Waals surface area (Å²) in [4.78, 5) is 21.5. The molecule has 1 aliphatic heterocycles. The Hall–Kier alpha value is -2.54. The van der Waals surface area contributed by atoms with Crippen LogP contribution in [0.4, 0.5) is 5.00 Å². The summed E-state index contributed by atoms with van der Waals surface area (Å²) in [5.74, 6) is 0.889. The smallest absolute Gasteiger partial charge is 0.251 e. The maximum Gasteiger partial charge on any atom is 0.251 e. The van der Waals surface area contributed by atoms with Crippen molar-refractivity contribution in [3.63, 3.8) is 0 Å². The Morgan fingerprint density at radius 3 is 2.66 bits per heavy atom. The van der Waals surface area contributed by atoms with E-state index in [0.717, 1.165) is 44.1 Å². The van der Waals surface area contributed by atoms with Gasteiger partial charge in [0.1, 0.15) is 0 Å². The van der Waals surface area contributed by atoms with E-state index in [1.54, 1.807) is 11.3 Å². The van der Waals surface area contributed by atoms with E-state index in [0.29, 0.717) is 12.1 Å². The molecule has 1 atom stereocenters. The third-order valence-corrected chi connectivity index (χ3v) is 6.17. The second kappa shape index (κ2) is 10.3. The van der Waals surface area contributed by atoms with Crippen LogP contribution in [0.5, 0.6) is 0 Å². The highest BCUT2D eigenvalue weighted by atomic mass is 32.1. The number of nitrogens with zero attached hydrogens (tertiary/aromatic N) is 3. The lowest BCUT2D eigenvalue weighted by atomic mass is 10.1. The minimum atomic E-state index is -0.0183. The first kappa shape index (κ1) is 21.2. The second-order valence-corrected chi connectivity index (χ2v) is 8.24. The highest BCUT2D eigenvalue weighted by Crippen LogP contribution is 2.22. The van der Waals surface area contributed by atoms with E-state index in [1.165, 1.54) is 5.00 Å². The molecule has 1 unspecified atom stereocenters. The number of aliphatic imine (C=N–C) groups is 1. The predicted molar refractivity (Wildman–Crippen MR) is 122 cm³/mol. The van der Waals surface area contributed by atoms with Gasteiger partial charge in [0, 0.05) is 51.4 Å². The molecule has 156 valence electrons. The molecule has 0 aliphatic carbocycles. The van der Waals surface area contributed by atoms with Crippen LogP contribution in [0.3, 0.4) is 0 Å². The summed E-state index contributed by atoms with van der Waals surface area (Å²) < 4.78 is 0. The first-order valence-corrected chi connectivity index (χ1v) is 11.1. The number of anilines is 1. The van der Waals surface area contributed by atoms with E-state index in [1.807, 2.05) is 38.2 Å². The Bertz CT molecular complexity index is 812. The van der Waals surface area contributed by atoms with E-state index in [4.69, 9.17) is 0 Å². The topological polar surface area (TPSA) is 60.0 Å². The van der Waals surface area contributed by atoms with Crippen LogP contribution in [-0.2, 0) is 6.54 Å². The largest absolute Gasteiger partial charge is 0.360 e. The molecule has 2 N–H and O–H groups in total. The van der Waals surface area contributed by atoms with E-state index in [9.17, 15) is 4.79 Å². The zero-order valence-corrected chi connectivity index (χ0v) is 18.3. The Balaban J connectivity index is 1.53. The van der Waals surface area contributed by atoms with Crippen molar-refractivity contribution in [1.29, 1.82) is 0 Å². The number of carbonyl (C=O) groups excluding carboxylic acids is 1. The number of carbonyl (C=O) groups is 1. The number of rotatable bonds is 6.